The van der Waals surface area contributed by atoms with E-state index in [1.54, 1.807) is 6.07 Å². The largest absolute Gasteiger partial charge is 0.378 e. The van der Waals surface area contributed by atoms with Crippen LogP contribution in [0.3, 0.4) is 0 Å². The van der Waals surface area contributed by atoms with Crippen molar-refractivity contribution in [2.24, 2.45) is 0 Å². The van der Waals surface area contributed by atoms with E-state index in [2.05, 4.69) is 20.2 Å². The Labute approximate surface area is 172 Å². The quantitative estimate of drug-likeness (QED) is 0.611. The number of fused-ring (bicyclic) bond motifs is 1. The second-order valence-corrected chi connectivity index (χ2v) is 8.36. The van der Waals surface area contributed by atoms with Gasteiger partial charge in [-0.05, 0) is 49.4 Å². The van der Waals surface area contributed by atoms with Gasteiger partial charge in [-0.15, -0.1) is 0 Å². The standard InChI is InChI=1S/C20H21ClN4O2S/c1-13(28-20-23-17-7-2-14(21)12-18(17)24-20)19(26)22-15-3-5-16(6-4-15)25-8-10-27-11-9-25/h2-7,12-13H,8-11H2,1H3,(H,22,26)(H,23,24). The average molecular weight is 417 g/mol. The lowest BCUT2D eigenvalue weighted by Crippen LogP contribution is -2.36. The minimum absolute atomic E-state index is 0.0670. The zero-order valence-electron chi connectivity index (χ0n) is 15.4. The van der Waals surface area contributed by atoms with Crippen molar-refractivity contribution in [2.75, 3.05) is 36.5 Å². The molecule has 1 amide bonds. The molecular weight excluding hydrogens is 396 g/mol. The monoisotopic (exact) mass is 416 g/mol. The van der Waals surface area contributed by atoms with Gasteiger partial charge in [0, 0.05) is 29.5 Å². The van der Waals surface area contributed by atoms with Crippen LogP contribution in [0.1, 0.15) is 6.92 Å². The van der Waals surface area contributed by atoms with Gasteiger partial charge < -0.3 is 19.9 Å². The number of carbonyl (C=O) groups excluding carboxylic acids is 1. The number of carbonyl (C=O) groups is 1. The highest BCUT2D eigenvalue weighted by Gasteiger charge is 2.17. The van der Waals surface area contributed by atoms with Crippen LogP contribution in [0, 0.1) is 0 Å². The average Bonchev–Trinajstić information content (AvgIpc) is 3.10. The van der Waals surface area contributed by atoms with Gasteiger partial charge in [-0.2, -0.15) is 0 Å². The SMILES string of the molecule is CC(Sc1nc2ccc(Cl)cc2[nH]1)C(=O)Nc1ccc(N2CCOCC2)cc1. The molecule has 2 N–H and O–H groups in total. The lowest BCUT2D eigenvalue weighted by molar-refractivity contribution is -0.115. The summed E-state index contributed by atoms with van der Waals surface area (Å²) in [4.78, 5) is 22.5. The van der Waals surface area contributed by atoms with Crippen LogP contribution in [0.15, 0.2) is 47.6 Å². The highest BCUT2D eigenvalue weighted by molar-refractivity contribution is 8.00. The first kappa shape index (κ1) is 19.1. The van der Waals surface area contributed by atoms with Crippen LogP contribution in [-0.4, -0.2) is 47.4 Å². The third-order valence-corrected chi connectivity index (χ3v) is 5.81. The second kappa shape index (κ2) is 8.43. The molecule has 146 valence electrons. The Morgan fingerprint density at radius 2 is 2.00 bits per heavy atom. The van der Waals surface area contributed by atoms with E-state index in [0.717, 1.165) is 48.7 Å². The maximum absolute atomic E-state index is 12.6. The molecule has 2 heterocycles. The highest BCUT2D eigenvalue weighted by atomic mass is 35.5. The van der Waals surface area contributed by atoms with Crippen molar-refractivity contribution >= 4 is 51.7 Å². The lowest BCUT2D eigenvalue weighted by Gasteiger charge is -2.28. The predicted octanol–water partition coefficient (Wildman–Crippen LogP) is 4.17. The molecule has 6 nitrogen and oxygen atoms in total. The van der Waals surface area contributed by atoms with E-state index in [1.807, 2.05) is 43.3 Å². The molecule has 0 radical (unpaired) electrons. The van der Waals surface area contributed by atoms with Gasteiger partial charge in [-0.25, -0.2) is 4.98 Å². The Bertz CT molecular complexity index is 970. The number of thioether (sulfide) groups is 1. The molecule has 1 atom stereocenters. The fourth-order valence-electron chi connectivity index (χ4n) is 3.06. The summed E-state index contributed by atoms with van der Waals surface area (Å²) >= 11 is 7.39. The Morgan fingerprint density at radius 1 is 1.25 bits per heavy atom. The first-order chi connectivity index (χ1) is 13.6. The van der Waals surface area contributed by atoms with Crippen molar-refractivity contribution in [1.82, 2.24) is 9.97 Å². The number of ether oxygens (including phenoxy) is 1. The van der Waals surface area contributed by atoms with Gasteiger partial charge in [-0.3, -0.25) is 4.79 Å². The molecule has 1 aromatic heterocycles. The Morgan fingerprint density at radius 3 is 2.75 bits per heavy atom. The van der Waals surface area contributed by atoms with Crippen LogP contribution >= 0.6 is 23.4 Å². The number of aromatic amines is 1. The molecule has 1 aliphatic heterocycles. The normalized spacial score (nSPS) is 15.6. The van der Waals surface area contributed by atoms with Crippen molar-refractivity contribution in [2.45, 2.75) is 17.3 Å². The van der Waals surface area contributed by atoms with Crippen molar-refractivity contribution in [3.8, 4) is 0 Å². The number of hydrogen-bond acceptors (Lipinski definition) is 5. The number of hydrogen-bond donors (Lipinski definition) is 2. The summed E-state index contributed by atoms with van der Waals surface area (Å²) in [5.74, 6) is -0.0670. The summed E-state index contributed by atoms with van der Waals surface area (Å²) in [5.41, 5.74) is 3.62. The smallest absolute Gasteiger partial charge is 0.237 e. The number of benzene rings is 2. The minimum atomic E-state index is -0.296. The van der Waals surface area contributed by atoms with E-state index in [0.29, 0.717) is 10.2 Å². The first-order valence-electron chi connectivity index (χ1n) is 9.14. The van der Waals surface area contributed by atoms with E-state index in [-0.39, 0.29) is 11.2 Å². The van der Waals surface area contributed by atoms with Gasteiger partial charge in [0.15, 0.2) is 5.16 Å². The Kier molecular flexibility index (Phi) is 5.75. The van der Waals surface area contributed by atoms with Gasteiger partial charge >= 0.3 is 0 Å². The molecular formula is C20H21ClN4O2S. The number of nitrogens with zero attached hydrogens (tertiary/aromatic N) is 2. The summed E-state index contributed by atoms with van der Waals surface area (Å²) < 4.78 is 5.38. The van der Waals surface area contributed by atoms with Crippen molar-refractivity contribution in [1.29, 1.82) is 0 Å². The predicted molar refractivity (Wildman–Crippen MR) is 115 cm³/mol. The van der Waals surface area contributed by atoms with Crippen molar-refractivity contribution < 1.29 is 9.53 Å². The van der Waals surface area contributed by atoms with Gasteiger partial charge in [0.05, 0.1) is 29.5 Å². The van der Waals surface area contributed by atoms with E-state index >= 15 is 0 Å². The Balaban J connectivity index is 1.36. The van der Waals surface area contributed by atoms with Crippen molar-refractivity contribution in [3.63, 3.8) is 0 Å². The highest BCUT2D eigenvalue weighted by Crippen LogP contribution is 2.26. The summed E-state index contributed by atoms with van der Waals surface area (Å²) in [7, 11) is 0. The summed E-state index contributed by atoms with van der Waals surface area (Å²) in [6.07, 6.45) is 0. The van der Waals surface area contributed by atoms with Gasteiger partial charge in [0.25, 0.3) is 0 Å². The first-order valence-corrected chi connectivity index (χ1v) is 10.4. The number of nitrogens with one attached hydrogen (secondary N) is 2. The molecule has 2 aromatic carbocycles. The van der Waals surface area contributed by atoms with Gasteiger partial charge in [0.1, 0.15) is 0 Å². The molecule has 1 aliphatic rings. The van der Waals surface area contributed by atoms with E-state index in [9.17, 15) is 4.79 Å². The van der Waals surface area contributed by atoms with Crippen LogP contribution < -0.4 is 10.2 Å². The molecule has 1 saturated heterocycles. The second-order valence-electron chi connectivity index (χ2n) is 6.60. The topological polar surface area (TPSA) is 70.2 Å². The van der Waals surface area contributed by atoms with Crippen LogP contribution in [0.2, 0.25) is 5.02 Å². The maximum atomic E-state index is 12.6. The number of imidazole rings is 1. The zero-order chi connectivity index (χ0) is 19.5. The minimum Gasteiger partial charge on any atom is -0.378 e. The number of amides is 1. The maximum Gasteiger partial charge on any atom is 0.237 e. The molecule has 3 aromatic rings. The van der Waals surface area contributed by atoms with Gasteiger partial charge in [0.2, 0.25) is 5.91 Å². The molecule has 0 bridgehead atoms. The zero-order valence-corrected chi connectivity index (χ0v) is 17.0. The van der Waals surface area contributed by atoms with Crippen LogP contribution in [-0.2, 0) is 9.53 Å². The van der Waals surface area contributed by atoms with E-state index in [1.165, 1.54) is 11.8 Å². The van der Waals surface area contributed by atoms with E-state index < -0.39 is 0 Å². The molecule has 4 rings (SSSR count). The third-order valence-electron chi connectivity index (χ3n) is 4.59. The molecule has 28 heavy (non-hydrogen) atoms. The Hall–Kier alpha value is -2.22. The summed E-state index contributed by atoms with van der Waals surface area (Å²) in [5, 5.41) is 4.02. The number of morpholine rings is 1. The molecule has 1 unspecified atom stereocenters. The molecule has 1 fully saturated rings. The number of anilines is 2. The summed E-state index contributed by atoms with van der Waals surface area (Å²) in [6.45, 7) is 5.15. The fraction of sp³-hybridized carbons (Fsp3) is 0.300. The molecule has 8 heteroatoms. The van der Waals surface area contributed by atoms with Crippen molar-refractivity contribution in [3.05, 3.63) is 47.5 Å². The van der Waals surface area contributed by atoms with Crippen LogP contribution in [0.25, 0.3) is 11.0 Å². The lowest BCUT2D eigenvalue weighted by atomic mass is 10.2. The number of aromatic nitrogens is 2. The number of rotatable bonds is 5. The van der Waals surface area contributed by atoms with Crippen LogP contribution in [0.4, 0.5) is 11.4 Å². The fourth-order valence-corrected chi connectivity index (χ4v) is 4.05. The molecule has 0 spiro atoms. The van der Waals surface area contributed by atoms with Gasteiger partial charge in [-0.1, -0.05) is 23.4 Å². The number of H-pyrrole nitrogens is 1. The third kappa shape index (κ3) is 4.43. The molecule has 0 aliphatic carbocycles. The number of halogens is 1. The van der Waals surface area contributed by atoms with E-state index in [4.69, 9.17) is 16.3 Å². The molecule has 0 saturated carbocycles. The van der Waals surface area contributed by atoms with Crippen LogP contribution in [0.5, 0.6) is 0 Å². The summed E-state index contributed by atoms with van der Waals surface area (Å²) in [6, 6.07) is 13.4.